The van der Waals surface area contributed by atoms with Gasteiger partial charge in [0.15, 0.2) is 0 Å². The maximum Gasteiger partial charge on any atom is 0.409 e. The van der Waals surface area contributed by atoms with E-state index in [9.17, 15) is 9.59 Å². The van der Waals surface area contributed by atoms with Crippen LogP contribution in [0.4, 0.5) is 4.79 Å². The Kier molecular flexibility index (Phi) is 6.53. The Balaban J connectivity index is 1.48. The molecule has 3 aliphatic rings. The van der Waals surface area contributed by atoms with Gasteiger partial charge in [-0.05, 0) is 39.2 Å². The summed E-state index contributed by atoms with van der Waals surface area (Å²) in [5, 5.41) is 0. The first-order valence-corrected chi connectivity index (χ1v) is 9.71. The average molecular weight is 353 g/mol. The lowest BCUT2D eigenvalue weighted by Gasteiger charge is -2.42. The normalized spacial score (nSPS) is 26.5. The van der Waals surface area contributed by atoms with Crippen LogP contribution in [0.1, 0.15) is 32.6 Å². The summed E-state index contributed by atoms with van der Waals surface area (Å²) in [6.45, 7) is 8.48. The number of likely N-dealkylation sites (tertiary alicyclic amines) is 2. The zero-order valence-corrected chi connectivity index (χ0v) is 15.3. The minimum absolute atomic E-state index is 0.120. The van der Waals surface area contributed by atoms with Crippen molar-refractivity contribution < 1.29 is 19.1 Å². The molecule has 7 nitrogen and oxygen atoms in total. The lowest BCUT2D eigenvalue weighted by atomic mass is 9.93. The third-order valence-electron chi connectivity index (χ3n) is 5.63. The Morgan fingerprint density at radius 1 is 1.00 bits per heavy atom. The van der Waals surface area contributed by atoms with Crippen LogP contribution in [0.5, 0.6) is 0 Å². The van der Waals surface area contributed by atoms with E-state index in [1.807, 2.05) is 11.8 Å². The average Bonchev–Trinajstić information content (AvgIpc) is 2.68. The van der Waals surface area contributed by atoms with Gasteiger partial charge in [-0.15, -0.1) is 0 Å². The summed E-state index contributed by atoms with van der Waals surface area (Å²) < 4.78 is 10.4. The van der Waals surface area contributed by atoms with Crippen molar-refractivity contribution in [2.45, 2.75) is 38.6 Å². The molecule has 0 aromatic rings. The Bertz CT molecular complexity index is 459. The Morgan fingerprint density at radius 2 is 1.72 bits per heavy atom. The first-order chi connectivity index (χ1) is 12.2. The predicted octanol–water partition coefficient (Wildman–Crippen LogP) is 1.18. The minimum atomic E-state index is -0.194. The molecule has 0 spiro atoms. The standard InChI is InChI=1S/C18H31N3O4/c1-2-25-18(23)20-8-5-16(6-9-20)21-7-3-4-15(14-21)17(22)19-10-12-24-13-11-19/h15-16H,2-14H2,1H3. The second-order valence-corrected chi connectivity index (χ2v) is 7.19. The number of hydrogen-bond donors (Lipinski definition) is 0. The highest BCUT2D eigenvalue weighted by atomic mass is 16.6. The van der Waals surface area contributed by atoms with Gasteiger partial charge in [0, 0.05) is 38.8 Å². The molecule has 3 rings (SSSR count). The summed E-state index contributed by atoms with van der Waals surface area (Å²) in [6.07, 6.45) is 3.82. The van der Waals surface area contributed by atoms with E-state index < -0.39 is 0 Å². The lowest BCUT2D eigenvalue weighted by molar-refractivity contribution is -0.141. The number of piperidine rings is 2. The largest absolute Gasteiger partial charge is 0.450 e. The summed E-state index contributed by atoms with van der Waals surface area (Å²) in [7, 11) is 0. The van der Waals surface area contributed by atoms with Crippen LogP contribution in [0.25, 0.3) is 0 Å². The third-order valence-corrected chi connectivity index (χ3v) is 5.63. The molecule has 0 N–H and O–H groups in total. The lowest BCUT2D eigenvalue weighted by Crippen LogP contribution is -2.53. The fourth-order valence-corrected chi connectivity index (χ4v) is 4.21. The van der Waals surface area contributed by atoms with Crippen molar-refractivity contribution in [1.82, 2.24) is 14.7 Å². The maximum atomic E-state index is 12.8. The molecular weight excluding hydrogens is 322 g/mol. The van der Waals surface area contributed by atoms with Gasteiger partial charge in [0.05, 0.1) is 25.7 Å². The molecule has 0 aromatic heterocycles. The van der Waals surface area contributed by atoms with Crippen LogP contribution in [-0.2, 0) is 14.3 Å². The van der Waals surface area contributed by atoms with E-state index in [2.05, 4.69) is 4.90 Å². The molecule has 3 saturated heterocycles. The van der Waals surface area contributed by atoms with E-state index in [-0.39, 0.29) is 12.0 Å². The molecule has 25 heavy (non-hydrogen) atoms. The van der Waals surface area contributed by atoms with Crippen LogP contribution in [0.2, 0.25) is 0 Å². The van der Waals surface area contributed by atoms with Crippen molar-refractivity contribution in [3.8, 4) is 0 Å². The number of ether oxygens (including phenoxy) is 2. The summed E-state index contributed by atoms with van der Waals surface area (Å²) in [4.78, 5) is 30.9. The summed E-state index contributed by atoms with van der Waals surface area (Å²) in [6, 6.07) is 0.478. The zero-order chi connectivity index (χ0) is 17.6. The predicted molar refractivity (Wildman–Crippen MR) is 93.3 cm³/mol. The van der Waals surface area contributed by atoms with E-state index in [1.54, 1.807) is 4.90 Å². The van der Waals surface area contributed by atoms with E-state index in [1.165, 1.54) is 0 Å². The number of carbonyl (C=O) groups is 2. The van der Waals surface area contributed by atoms with Crippen LogP contribution in [-0.4, -0.2) is 91.8 Å². The fraction of sp³-hybridized carbons (Fsp3) is 0.889. The molecule has 0 radical (unpaired) electrons. The van der Waals surface area contributed by atoms with Crippen molar-refractivity contribution in [2.75, 3.05) is 59.1 Å². The molecule has 1 unspecified atom stereocenters. The van der Waals surface area contributed by atoms with Crippen LogP contribution in [0.15, 0.2) is 0 Å². The van der Waals surface area contributed by atoms with Crippen LogP contribution in [0, 0.1) is 5.92 Å². The Labute approximate surface area is 150 Å². The van der Waals surface area contributed by atoms with Crippen LogP contribution in [0.3, 0.4) is 0 Å². The highest BCUT2D eigenvalue weighted by Gasteiger charge is 2.34. The summed E-state index contributed by atoms with van der Waals surface area (Å²) in [5.74, 6) is 0.423. The molecule has 1 atom stereocenters. The molecule has 2 amide bonds. The first kappa shape index (κ1) is 18.5. The molecular formula is C18H31N3O4. The molecule has 0 bridgehead atoms. The number of nitrogens with zero attached hydrogens (tertiary/aromatic N) is 3. The highest BCUT2D eigenvalue weighted by molar-refractivity contribution is 5.79. The zero-order valence-electron chi connectivity index (χ0n) is 15.3. The van der Waals surface area contributed by atoms with Gasteiger partial charge in [0.2, 0.25) is 5.91 Å². The number of carbonyl (C=O) groups excluding carboxylic acids is 2. The summed E-state index contributed by atoms with van der Waals surface area (Å²) in [5.41, 5.74) is 0. The van der Waals surface area contributed by atoms with Gasteiger partial charge in [-0.25, -0.2) is 4.79 Å². The Morgan fingerprint density at radius 3 is 2.40 bits per heavy atom. The smallest absolute Gasteiger partial charge is 0.409 e. The van der Waals surface area contributed by atoms with E-state index in [4.69, 9.17) is 9.47 Å². The maximum absolute atomic E-state index is 12.8. The van der Waals surface area contributed by atoms with E-state index in [0.29, 0.717) is 31.8 Å². The number of amides is 2. The van der Waals surface area contributed by atoms with Gasteiger partial charge in [0.1, 0.15) is 0 Å². The number of rotatable bonds is 3. The first-order valence-electron chi connectivity index (χ1n) is 9.71. The Hall–Kier alpha value is -1.34. The van der Waals surface area contributed by atoms with Crippen LogP contribution >= 0.6 is 0 Å². The van der Waals surface area contributed by atoms with Crippen molar-refractivity contribution in [2.24, 2.45) is 5.92 Å². The molecule has 142 valence electrons. The van der Waals surface area contributed by atoms with Crippen molar-refractivity contribution in [1.29, 1.82) is 0 Å². The summed E-state index contributed by atoms with van der Waals surface area (Å²) >= 11 is 0. The van der Waals surface area contributed by atoms with Gasteiger partial charge in [-0.3, -0.25) is 9.69 Å². The van der Waals surface area contributed by atoms with Crippen molar-refractivity contribution >= 4 is 12.0 Å². The van der Waals surface area contributed by atoms with Gasteiger partial charge >= 0.3 is 6.09 Å². The van der Waals surface area contributed by atoms with Gasteiger partial charge in [0.25, 0.3) is 0 Å². The number of morpholine rings is 1. The third kappa shape index (κ3) is 4.64. The molecule has 3 aliphatic heterocycles. The second-order valence-electron chi connectivity index (χ2n) is 7.19. The van der Waals surface area contributed by atoms with E-state index >= 15 is 0 Å². The van der Waals surface area contributed by atoms with Crippen LogP contribution < -0.4 is 0 Å². The van der Waals surface area contributed by atoms with Gasteiger partial charge < -0.3 is 19.3 Å². The molecule has 0 aromatic carbocycles. The molecule has 0 saturated carbocycles. The van der Waals surface area contributed by atoms with Gasteiger partial charge in [-0.1, -0.05) is 0 Å². The molecule has 7 heteroatoms. The SMILES string of the molecule is CCOC(=O)N1CCC(N2CCCC(C(=O)N3CCOCC3)C2)CC1. The quantitative estimate of drug-likeness (QED) is 0.762. The van der Waals surface area contributed by atoms with Gasteiger partial charge in [-0.2, -0.15) is 0 Å². The van der Waals surface area contributed by atoms with E-state index in [0.717, 1.165) is 65.0 Å². The topological polar surface area (TPSA) is 62.3 Å². The second kappa shape index (κ2) is 8.85. The monoisotopic (exact) mass is 353 g/mol. The molecule has 3 heterocycles. The molecule has 3 fully saturated rings. The fourth-order valence-electron chi connectivity index (χ4n) is 4.21. The highest BCUT2D eigenvalue weighted by Crippen LogP contribution is 2.25. The minimum Gasteiger partial charge on any atom is -0.450 e. The number of hydrogen-bond acceptors (Lipinski definition) is 5. The van der Waals surface area contributed by atoms with Crippen molar-refractivity contribution in [3.63, 3.8) is 0 Å². The van der Waals surface area contributed by atoms with Crippen molar-refractivity contribution in [3.05, 3.63) is 0 Å². The molecule has 0 aliphatic carbocycles.